The van der Waals surface area contributed by atoms with E-state index < -0.39 is 0 Å². The van der Waals surface area contributed by atoms with Crippen LogP contribution in [0.4, 0.5) is 5.82 Å². The summed E-state index contributed by atoms with van der Waals surface area (Å²) in [5.41, 5.74) is 0. The molecule has 120 valence electrons. The first-order chi connectivity index (χ1) is 11.2. The maximum atomic E-state index is 12.3. The lowest BCUT2D eigenvalue weighted by Crippen LogP contribution is -2.49. The zero-order valence-corrected chi connectivity index (χ0v) is 14.0. The van der Waals surface area contributed by atoms with Crippen molar-refractivity contribution in [2.24, 2.45) is 0 Å². The molecule has 1 amide bonds. The van der Waals surface area contributed by atoms with E-state index in [9.17, 15) is 4.79 Å². The fourth-order valence-corrected chi connectivity index (χ4v) is 3.14. The molecule has 6 nitrogen and oxygen atoms in total. The Morgan fingerprint density at radius 3 is 2.52 bits per heavy atom. The number of amides is 1. The third kappa shape index (κ3) is 4.33. The highest BCUT2D eigenvalue weighted by molar-refractivity contribution is 7.99. The van der Waals surface area contributed by atoms with Crippen molar-refractivity contribution < 1.29 is 4.79 Å². The zero-order chi connectivity index (χ0) is 16.1. The van der Waals surface area contributed by atoms with Gasteiger partial charge in [0.05, 0.1) is 10.8 Å². The van der Waals surface area contributed by atoms with E-state index in [0.717, 1.165) is 18.9 Å². The van der Waals surface area contributed by atoms with Crippen LogP contribution in [0.15, 0.2) is 41.9 Å². The second-order valence-electron chi connectivity index (χ2n) is 5.02. The predicted octanol–water partition coefficient (Wildman–Crippen LogP) is 1.97. The highest BCUT2D eigenvalue weighted by atomic mass is 35.5. The molecule has 1 fully saturated rings. The van der Waals surface area contributed by atoms with Crippen molar-refractivity contribution in [2.45, 2.75) is 5.16 Å². The molecule has 0 spiro atoms. The normalized spacial score (nSPS) is 14.8. The van der Waals surface area contributed by atoms with Crippen molar-refractivity contribution in [3.8, 4) is 0 Å². The molecular formula is C15H16ClN5OS. The van der Waals surface area contributed by atoms with Crippen LogP contribution < -0.4 is 4.90 Å². The number of piperazine rings is 1. The molecular weight excluding hydrogens is 334 g/mol. The topological polar surface area (TPSA) is 62.2 Å². The Labute approximate surface area is 143 Å². The molecule has 8 heteroatoms. The van der Waals surface area contributed by atoms with E-state index in [1.807, 2.05) is 17.0 Å². The summed E-state index contributed by atoms with van der Waals surface area (Å²) >= 11 is 7.22. The van der Waals surface area contributed by atoms with Crippen molar-refractivity contribution in [1.29, 1.82) is 0 Å². The number of pyridine rings is 1. The third-order valence-corrected chi connectivity index (χ3v) is 4.62. The lowest BCUT2D eigenvalue weighted by Gasteiger charge is -2.35. The number of hydrogen-bond donors (Lipinski definition) is 0. The summed E-state index contributed by atoms with van der Waals surface area (Å²) in [6, 6.07) is 5.50. The quantitative estimate of drug-likeness (QED) is 0.621. The first-order valence-electron chi connectivity index (χ1n) is 7.26. The van der Waals surface area contributed by atoms with Gasteiger partial charge in [0.2, 0.25) is 5.91 Å². The number of nitrogens with zero attached hydrogens (tertiary/aromatic N) is 5. The summed E-state index contributed by atoms with van der Waals surface area (Å²) in [5, 5.41) is 1.26. The first kappa shape index (κ1) is 16.0. The van der Waals surface area contributed by atoms with Crippen LogP contribution >= 0.6 is 23.4 Å². The first-order valence-corrected chi connectivity index (χ1v) is 8.63. The summed E-state index contributed by atoms with van der Waals surface area (Å²) in [6.45, 7) is 2.93. The summed E-state index contributed by atoms with van der Waals surface area (Å²) in [5.74, 6) is 1.38. The molecule has 0 saturated carbocycles. The summed E-state index contributed by atoms with van der Waals surface area (Å²) in [6.07, 6.45) is 5.00. The van der Waals surface area contributed by atoms with Crippen molar-refractivity contribution in [2.75, 3.05) is 36.8 Å². The van der Waals surface area contributed by atoms with E-state index in [1.165, 1.54) is 11.8 Å². The number of thioether (sulfide) groups is 1. The molecule has 23 heavy (non-hydrogen) atoms. The van der Waals surface area contributed by atoms with Gasteiger partial charge in [0.25, 0.3) is 0 Å². The monoisotopic (exact) mass is 349 g/mol. The van der Waals surface area contributed by atoms with Crippen LogP contribution in [0.2, 0.25) is 5.02 Å². The van der Waals surface area contributed by atoms with E-state index in [0.29, 0.717) is 29.0 Å². The van der Waals surface area contributed by atoms with Gasteiger partial charge in [0.15, 0.2) is 5.16 Å². The number of halogens is 1. The number of hydrogen-bond acceptors (Lipinski definition) is 6. The Morgan fingerprint density at radius 1 is 1.13 bits per heavy atom. The van der Waals surface area contributed by atoms with Gasteiger partial charge in [-0.05, 0) is 18.2 Å². The standard InChI is InChI=1S/C15H16ClN5OS/c16-12-2-3-13(19-10-12)20-6-8-21(9-7-20)14(22)11-23-15-17-4-1-5-18-15/h1-5,10H,6-9,11H2. The van der Waals surface area contributed by atoms with Crippen LogP contribution in [0.1, 0.15) is 0 Å². The molecule has 1 aliphatic rings. The van der Waals surface area contributed by atoms with Gasteiger partial charge in [-0.1, -0.05) is 23.4 Å². The van der Waals surface area contributed by atoms with Crippen molar-refractivity contribution >= 4 is 35.1 Å². The van der Waals surface area contributed by atoms with Gasteiger partial charge in [0, 0.05) is 44.8 Å². The van der Waals surface area contributed by atoms with E-state index in [1.54, 1.807) is 24.7 Å². The van der Waals surface area contributed by atoms with E-state index >= 15 is 0 Å². The van der Waals surface area contributed by atoms with E-state index in [2.05, 4.69) is 19.9 Å². The van der Waals surface area contributed by atoms with Gasteiger partial charge in [0.1, 0.15) is 5.82 Å². The molecule has 3 rings (SSSR count). The van der Waals surface area contributed by atoms with Crippen LogP contribution in [0.5, 0.6) is 0 Å². The minimum absolute atomic E-state index is 0.117. The van der Waals surface area contributed by atoms with Gasteiger partial charge in [-0.2, -0.15) is 0 Å². The third-order valence-electron chi connectivity index (χ3n) is 3.53. The highest BCUT2D eigenvalue weighted by Gasteiger charge is 2.22. The fourth-order valence-electron chi connectivity index (χ4n) is 2.32. The van der Waals surface area contributed by atoms with Gasteiger partial charge < -0.3 is 9.80 Å². The van der Waals surface area contributed by atoms with Crippen LogP contribution in [0, 0.1) is 0 Å². The lowest BCUT2D eigenvalue weighted by atomic mass is 10.3. The van der Waals surface area contributed by atoms with Gasteiger partial charge in [-0.15, -0.1) is 0 Å². The van der Waals surface area contributed by atoms with Crippen molar-refractivity contribution in [3.05, 3.63) is 41.8 Å². The Kier molecular flexibility index (Phi) is 5.30. The van der Waals surface area contributed by atoms with E-state index in [4.69, 9.17) is 11.6 Å². The molecule has 0 N–H and O–H groups in total. The maximum absolute atomic E-state index is 12.3. The number of carbonyl (C=O) groups excluding carboxylic acids is 1. The number of anilines is 1. The van der Waals surface area contributed by atoms with Crippen molar-refractivity contribution in [1.82, 2.24) is 19.9 Å². The van der Waals surface area contributed by atoms with Crippen LogP contribution in [-0.2, 0) is 4.79 Å². The van der Waals surface area contributed by atoms with Gasteiger partial charge in [-0.3, -0.25) is 4.79 Å². The van der Waals surface area contributed by atoms with Crippen molar-refractivity contribution in [3.63, 3.8) is 0 Å². The SMILES string of the molecule is O=C(CSc1ncccn1)N1CCN(c2ccc(Cl)cn2)CC1. The molecule has 1 aliphatic heterocycles. The summed E-state index contributed by atoms with van der Waals surface area (Å²) < 4.78 is 0. The maximum Gasteiger partial charge on any atom is 0.233 e. The Bertz CT molecular complexity index is 647. The average Bonchev–Trinajstić information content (AvgIpc) is 2.61. The molecule has 2 aromatic heterocycles. The predicted molar refractivity (Wildman–Crippen MR) is 90.8 cm³/mol. The zero-order valence-electron chi connectivity index (χ0n) is 12.4. The van der Waals surface area contributed by atoms with Gasteiger partial charge >= 0.3 is 0 Å². The van der Waals surface area contributed by atoms with E-state index in [-0.39, 0.29) is 5.91 Å². The molecule has 0 atom stereocenters. The molecule has 0 bridgehead atoms. The Hall–Kier alpha value is -1.86. The average molecular weight is 350 g/mol. The number of rotatable bonds is 4. The number of aromatic nitrogens is 3. The number of carbonyl (C=O) groups is 1. The molecule has 2 aromatic rings. The highest BCUT2D eigenvalue weighted by Crippen LogP contribution is 2.17. The molecule has 0 radical (unpaired) electrons. The molecule has 1 saturated heterocycles. The summed E-state index contributed by atoms with van der Waals surface area (Å²) in [7, 11) is 0. The minimum atomic E-state index is 0.117. The second-order valence-corrected chi connectivity index (χ2v) is 6.40. The minimum Gasteiger partial charge on any atom is -0.353 e. The van der Waals surface area contributed by atoms with Crippen LogP contribution in [-0.4, -0.2) is 57.7 Å². The Balaban J connectivity index is 1.48. The van der Waals surface area contributed by atoms with Gasteiger partial charge in [-0.25, -0.2) is 15.0 Å². The largest absolute Gasteiger partial charge is 0.353 e. The second kappa shape index (κ2) is 7.61. The molecule has 0 aliphatic carbocycles. The Morgan fingerprint density at radius 2 is 1.87 bits per heavy atom. The van der Waals surface area contributed by atoms with Crippen LogP contribution in [0.3, 0.4) is 0 Å². The molecule has 3 heterocycles. The molecule has 0 aromatic carbocycles. The smallest absolute Gasteiger partial charge is 0.233 e. The summed E-state index contributed by atoms with van der Waals surface area (Å²) in [4.78, 5) is 28.8. The van der Waals surface area contributed by atoms with Crippen LogP contribution in [0.25, 0.3) is 0 Å². The fraction of sp³-hybridized carbons (Fsp3) is 0.333. The molecule has 0 unspecified atom stereocenters. The lowest BCUT2D eigenvalue weighted by molar-refractivity contribution is -0.128.